The summed E-state index contributed by atoms with van der Waals surface area (Å²) in [6.45, 7) is -0.651. The lowest BCUT2D eigenvalue weighted by Crippen LogP contribution is -2.29. The van der Waals surface area contributed by atoms with Crippen LogP contribution in [0.15, 0.2) is 11.1 Å². The van der Waals surface area contributed by atoms with Crippen molar-refractivity contribution in [3.8, 4) is 0 Å². The first-order valence-electron chi connectivity index (χ1n) is 8.38. The van der Waals surface area contributed by atoms with Gasteiger partial charge in [0.2, 0.25) is 11.8 Å². The maximum absolute atomic E-state index is 15.2. The highest BCUT2D eigenvalue weighted by atomic mass is 31.3. The minimum atomic E-state index is -5.84. The topological polar surface area (TPSA) is 259 Å². The molecule has 33 heavy (non-hydrogen) atoms. The van der Waals surface area contributed by atoms with Crippen LogP contribution in [0.25, 0.3) is 11.2 Å². The molecule has 1 fully saturated rings. The number of aromatic amines is 1. The SMILES string of the molecule is CC1(F)CC(F)(COP(=O)(O)OP(=O)(O)OP(=O)(O)O)OC1n1cnc2c(=O)[nH]c(N)nc21. The Balaban J connectivity index is 1.79. The average Bonchev–Trinajstić information content (AvgIpc) is 3.08. The number of nitrogen functional groups attached to an aromatic ring is 1. The molecular formula is C11H16F2N5O12P3. The minimum Gasteiger partial charge on any atom is -0.369 e. The number of halogens is 2. The van der Waals surface area contributed by atoms with E-state index in [4.69, 9.17) is 25.2 Å². The molecule has 5 atom stereocenters. The third-order valence-electron chi connectivity index (χ3n) is 4.01. The fraction of sp³-hybridized carbons (Fsp3) is 0.545. The van der Waals surface area contributed by atoms with Gasteiger partial charge >= 0.3 is 23.5 Å². The maximum atomic E-state index is 15.2. The zero-order chi connectivity index (χ0) is 25.0. The lowest BCUT2D eigenvalue weighted by molar-refractivity contribution is -0.178. The minimum absolute atomic E-state index is 0.262. The first-order valence-corrected chi connectivity index (χ1v) is 12.9. The molecule has 1 saturated heterocycles. The van der Waals surface area contributed by atoms with Crippen LogP contribution in [0.4, 0.5) is 14.7 Å². The van der Waals surface area contributed by atoms with Gasteiger partial charge in [0, 0.05) is 6.42 Å². The van der Waals surface area contributed by atoms with E-state index in [0.717, 1.165) is 17.8 Å². The van der Waals surface area contributed by atoms with Crippen LogP contribution in [0.1, 0.15) is 19.6 Å². The van der Waals surface area contributed by atoms with Crippen molar-refractivity contribution in [3.05, 3.63) is 16.7 Å². The molecule has 1 aliphatic rings. The highest BCUT2D eigenvalue weighted by Crippen LogP contribution is 2.66. The Morgan fingerprint density at radius 2 is 1.91 bits per heavy atom. The number of rotatable bonds is 8. The van der Waals surface area contributed by atoms with Crippen molar-refractivity contribution in [2.75, 3.05) is 12.3 Å². The molecule has 1 aliphatic heterocycles. The number of phosphoric ester groups is 1. The number of nitrogens with two attached hydrogens (primary N) is 1. The molecule has 3 heterocycles. The van der Waals surface area contributed by atoms with Crippen LogP contribution >= 0.6 is 23.5 Å². The number of nitrogens with zero attached hydrogens (tertiary/aromatic N) is 3. The first-order chi connectivity index (χ1) is 14.8. The number of hydrogen-bond acceptors (Lipinski definition) is 11. The number of alkyl halides is 2. The molecule has 2 aromatic heterocycles. The molecule has 3 rings (SSSR count). The number of H-pyrrole nitrogens is 1. The van der Waals surface area contributed by atoms with Gasteiger partial charge in [-0.1, -0.05) is 0 Å². The van der Waals surface area contributed by atoms with E-state index in [1.54, 1.807) is 0 Å². The van der Waals surface area contributed by atoms with Crippen molar-refractivity contribution >= 4 is 40.6 Å². The van der Waals surface area contributed by atoms with Gasteiger partial charge in [-0.15, -0.1) is 0 Å². The summed E-state index contributed by atoms with van der Waals surface area (Å²) in [4.78, 5) is 57.1. The van der Waals surface area contributed by atoms with Crippen molar-refractivity contribution in [3.63, 3.8) is 0 Å². The van der Waals surface area contributed by atoms with E-state index in [-0.39, 0.29) is 17.1 Å². The van der Waals surface area contributed by atoms with Gasteiger partial charge in [0.25, 0.3) is 5.56 Å². The second-order valence-corrected chi connectivity index (χ2v) is 11.4. The van der Waals surface area contributed by atoms with Crippen molar-refractivity contribution < 1.29 is 59.9 Å². The van der Waals surface area contributed by atoms with E-state index in [1.807, 2.05) is 0 Å². The van der Waals surface area contributed by atoms with Crippen LogP contribution in [-0.2, 0) is 31.6 Å². The second kappa shape index (κ2) is 8.25. The Morgan fingerprint density at radius 3 is 2.52 bits per heavy atom. The molecule has 2 aromatic rings. The number of aromatic nitrogens is 4. The molecule has 0 aliphatic carbocycles. The lowest BCUT2D eigenvalue weighted by atomic mass is 10.0. The van der Waals surface area contributed by atoms with Gasteiger partial charge < -0.3 is 30.0 Å². The van der Waals surface area contributed by atoms with Crippen LogP contribution < -0.4 is 11.3 Å². The molecule has 0 amide bonds. The van der Waals surface area contributed by atoms with Crippen molar-refractivity contribution in [1.29, 1.82) is 0 Å². The molecule has 17 nitrogen and oxygen atoms in total. The summed E-state index contributed by atoms with van der Waals surface area (Å²) < 4.78 is 81.1. The monoisotopic (exact) mass is 541 g/mol. The van der Waals surface area contributed by atoms with Crippen molar-refractivity contribution in [2.24, 2.45) is 0 Å². The molecule has 7 N–H and O–H groups in total. The fourth-order valence-electron chi connectivity index (χ4n) is 3.00. The highest BCUT2D eigenvalue weighted by molar-refractivity contribution is 7.66. The number of imidazole rings is 1. The van der Waals surface area contributed by atoms with E-state index < -0.39 is 59.8 Å². The molecule has 0 saturated carbocycles. The normalized spacial score (nSPS) is 29.7. The fourth-order valence-corrected chi connectivity index (χ4v) is 6.05. The predicted octanol–water partition coefficient (Wildman–Crippen LogP) is 0.358. The summed E-state index contributed by atoms with van der Waals surface area (Å²) in [6.07, 6.45) is -2.02. The highest BCUT2D eigenvalue weighted by Gasteiger charge is 2.57. The summed E-state index contributed by atoms with van der Waals surface area (Å²) in [7, 11) is -17.2. The van der Waals surface area contributed by atoms with Gasteiger partial charge in [-0.25, -0.2) is 27.5 Å². The Labute approximate surface area is 180 Å². The Bertz CT molecular complexity index is 1280. The van der Waals surface area contributed by atoms with E-state index in [0.29, 0.717) is 0 Å². The molecule has 0 radical (unpaired) electrons. The van der Waals surface area contributed by atoms with Gasteiger partial charge in [0.1, 0.15) is 6.61 Å². The average molecular weight is 541 g/mol. The summed E-state index contributed by atoms with van der Waals surface area (Å²) in [5.74, 6) is -3.49. The van der Waals surface area contributed by atoms with Gasteiger partial charge in [-0.05, 0) is 6.92 Å². The standard InChI is InChI=1S/C11H16F2N5O12P3/c1-10(12)2-11(13,3-27-32(23,24)30-33(25,26)29-31(20,21)22)28-8(10)18-4-15-5-6(18)16-9(14)17-7(5)19/h4,8H,2-3H2,1H3,(H,23,24)(H,25,26)(H2,20,21,22)(H3,14,16,17,19). The summed E-state index contributed by atoms with van der Waals surface area (Å²) in [5, 5.41) is 0. The van der Waals surface area contributed by atoms with Crippen LogP contribution in [0, 0.1) is 0 Å². The largest absolute Gasteiger partial charge is 0.490 e. The van der Waals surface area contributed by atoms with E-state index in [2.05, 4.69) is 28.1 Å². The molecule has 0 aromatic carbocycles. The van der Waals surface area contributed by atoms with Crippen LogP contribution in [0.3, 0.4) is 0 Å². The number of phosphoric acid groups is 3. The maximum Gasteiger partial charge on any atom is 0.490 e. The van der Waals surface area contributed by atoms with Crippen molar-refractivity contribution in [1.82, 2.24) is 19.5 Å². The summed E-state index contributed by atoms with van der Waals surface area (Å²) in [6, 6.07) is 0. The molecule has 22 heteroatoms. The number of nitrogens with one attached hydrogen (secondary N) is 1. The number of hydrogen-bond donors (Lipinski definition) is 6. The lowest BCUT2D eigenvalue weighted by Gasteiger charge is -2.23. The van der Waals surface area contributed by atoms with Gasteiger partial charge in [-0.2, -0.15) is 13.6 Å². The zero-order valence-corrected chi connectivity index (χ0v) is 18.8. The summed E-state index contributed by atoms with van der Waals surface area (Å²) in [5.41, 5.74) is 1.60. The van der Waals surface area contributed by atoms with E-state index in [9.17, 15) is 23.4 Å². The van der Waals surface area contributed by atoms with Crippen LogP contribution in [-0.4, -0.2) is 57.2 Å². The quantitative estimate of drug-likeness (QED) is 0.247. The third-order valence-corrected chi connectivity index (χ3v) is 7.79. The van der Waals surface area contributed by atoms with Gasteiger partial charge in [-0.3, -0.25) is 18.9 Å². The number of fused-ring (bicyclic) bond motifs is 1. The molecule has 0 spiro atoms. The Morgan fingerprint density at radius 1 is 1.27 bits per heavy atom. The first kappa shape index (κ1) is 26.0. The third kappa shape index (κ3) is 6.09. The van der Waals surface area contributed by atoms with E-state index in [1.165, 1.54) is 0 Å². The zero-order valence-electron chi connectivity index (χ0n) is 16.1. The Hall–Kier alpha value is -1.62. The number of anilines is 1. The molecule has 5 unspecified atom stereocenters. The Kier molecular flexibility index (Phi) is 6.50. The second-order valence-electron chi connectivity index (χ2n) is 6.95. The van der Waals surface area contributed by atoms with Gasteiger partial charge in [0.15, 0.2) is 23.1 Å². The molecular weight excluding hydrogens is 525 g/mol. The smallest absolute Gasteiger partial charge is 0.369 e. The van der Waals surface area contributed by atoms with Crippen LogP contribution in [0.2, 0.25) is 0 Å². The number of ether oxygens (including phenoxy) is 1. The van der Waals surface area contributed by atoms with Crippen LogP contribution in [0.5, 0.6) is 0 Å². The predicted molar refractivity (Wildman–Crippen MR) is 100 cm³/mol. The van der Waals surface area contributed by atoms with Gasteiger partial charge in [0.05, 0.1) is 6.33 Å². The van der Waals surface area contributed by atoms with E-state index >= 15 is 8.78 Å². The molecule has 186 valence electrons. The summed E-state index contributed by atoms with van der Waals surface area (Å²) >= 11 is 0. The molecule has 0 bridgehead atoms. The van der Waals surface area contributed by atoms with Crippen molar-refractivity contribution in [2.45, 2.75) is 31.1 Å².